The van der Waals surface area contributed by atoms with Gasteiger partial charge >= 0.3 is 0 Å². The number of halogens is 1. The van der Waals surface area contributed by atoms with E-state index >= 15 is 0 Å². The van der Waals surface area contributed by atoms with Gasteiger partial charge in [0, 0.05) is 42.3 Å². The Balaban J connectivity index is 1.42. The lowest BCUT2D eigenvalue weighted by molar-refractivity contribution is 0.0773. The molecular weight excluding hydrogens is 364 g/mol. The van der Waals surface area contributed by atoms with Crippen LogP contribution in [-0.4, -0.2) is 41.4 Å². The molecule has 2 heterocycles. The molecule has 0 bridgehead atoms. The first kappa shape index (κ1) is 15.9. The molecule has 2 aliphatic heterocycles. The van der Waals surface area contributed by atoms with Gasteiger partial charge in [-0.15, -0.1) is 0 Å². The summed E-state index contributed by atoms with van der Waals surface area (Å²) in [5, 5.41) is 0. The number of carbonyl (C=O) groups is 1. The molecule has 0 aromatic heterocycles. The monoisotopic (exact) mass is 384 g/mol. The first-order valence-electron chi connectivity index (χ1n) is 8.56. The lowest BCUT2D eigenvalue weighted by Crippen LogP contribution is -2.41. The molecule has 1 saturated heterocycles. The second-order valence-electron chi connectivity index (χ2n) is 6.69. The molecule has 0 aliphatic carbocycles. The number of carbonyl (C=O) groups excluding carboxylic acids is 1. The van der Waals surface area contributed by atoms with Gasteiger partial charge in [0.25, 0.3) is 5.91 Å². The van der Waals surface area contributed by atoms with Crippen LogP contribution in [0.3, 0.4) is 0 Å². The zero-order valence-corrected chi connectivity index (χ0v) is 15.2. The molecule has 2 aliphatic rings. The third kappa shape index (κ3) is 3.13. The van der Waals surface area contributed by atoms with E-state index in [2.05, 4.69) is 45.1 Å². The molecular formula is C20H21BrN2O. The lowest BCUT2D eigenvalue weighted by atomic mass is 9.98. The molecule has 0 saturated carbocycles. The minimum absolute atomic E-state index is 0.155. The predicted octanol–water partition coefficient (Wildman–Crippen LogP) is 3.72. The van der Waals surface area contributed by atoms with Gasteiger partial charge in [-0.25, -0.2) is 0 Å². The number of likely N-dealkylation sites (tertiary alicyclic amines) is 1. The molecule has 0 unspecified atom stereocenters. The molecule has 1 fully saturated rings. The van der Waals surface area contributed by atoms with E-state index in [-0.39, 0.29) is 5.91 Å². The van der Waals surface area contributed by atoms with E-state index < -0.39 is 0 Å². The summed E-state index contributed by atoms with van der Waals surface area (Å²) < 4.78 is 1.00. The highest BCUT2D eigenvalue weighted by Crippen LogP contribution is 2.25. The third-order valence-electron chi connectivity index (χ3n) is 5.22. The molecule has 2 aromatic carbocycles. The maximum atomic E-state index is 12.7. The first-order valence-corrected chi connectivity index (χ1v) is 9.36. The summed E-state index contributed by atoms with van der Waals surface area (Å²) in [5.41, 5.74) is 3.71. The minimum atomic E-state index is 0.155. The van der Waals surface area contributed by atoms with E-state index in [1.807, 2.05) is 29.2 Å². The fraction of sp³-hybridized carbons (Fsp3) is 0.350. The van der Waals surface area contributed by atoms with Crippen LogP contribution >= 0.6 is 15.9 Å². The summed E-state index contributed by atoms with van der Waals surface area (Å²) in [7, 11) is 0. The van der Waals surface area contributed by atoms with Crippen molar-refractivity contribution >= 4 is 21.8 Å². The Kier molecular flexibility index (Phi) is 4.42. The van der Waals surface area contributed by atoms with Crippen LogP contribution in [0.5, 0.6) is 0 Å². The number of hydrogen-bond acceptors (Lipinski definition) is 2. The van der Waals surface area contributed by atoms with Gasteiger partial charge in [-0.05, 0) is 48.2 Å². The number of nitrogens with zero attached hydrogens (tertiary/aromatic N) is 2. The number of rotatable bonds is 2. The van der Waals surface area contributed by atoms with E-state index in [9.17, 15) is 4.79 Å². The van der Waals surface area contributed by atoms with Crippen molar-refractivity contribution in [2.24, 2.45) is 0 Å². The summed E-state index contributed by atoms with van der Waals surface area (Å²) in [4.78, 5) is 17.2. The molecule has 1 atom stereocenters. The summed E-state index contributed by atoms with van der Waals surface area (Å²) in [5.74, 6) is 0.155. The van der Waals surface area contributed by atoms with Gasteiger partial charge in [-0.2, -0.15) is 0 Å². The molecule has 0 spiro atoms. The molecule has 0 radical (unpaired) electrons. The molecule has 2 aromatic rings. The first-order chi connectivity index (χ1) is 11.7. The van der Waals surface area contributed by atoms with Gasteiger partial charge in [0.2, 0.25) is 0 Å². The van der Waals surface area contributed by atoms with Crippen molar-refractivity contribution in [1.82, 2.24) is 9.80 Å². The van der Waals surface area contributed by atoms with Crippen molar-refractivity contribution in [2.45, 2.75) is 25.4 Å². The highest BCUT2D eigenvalue weighted by Gasteiger charge is 2.32. The Morgan fingerprint density at radius 1 is 1.00 bits per heavy atom. The second kappa shape index (κ2) is 6.69. The van der Waals surface area contributed by atoms with Gasteiger partial charge in [0.1, 0.15) is 0 Å². The standard InChI is InChI=1S/C20H21BrN2O/c21-18-7-5-16(6-8-18)20(24)23-12-10-19(14-23)22-11-9-15-3-1-2-4-17(15)13-22/h1-8,19H,9-14H2/t19-/m0/s1. The zero-order valence-electron chi connectivity index (χ0n) is 13.6. The van der Waals surface area contributed by atoms with Crippen LogP contribution in [0.15, 0.2) is 53.0 Å². The van der Waals surface area contributed by atoms with Crippen LogP contribution in [0.4, 0.5) is 0 Å². The van der Waals surface area contributed by atoms with Crippen molar-refractivity contribution < 1.29 is 4.79 Å². The number of benzene rings is 2. The third-order valence-corrected chi connectivity index (χ3v) is 5.75. The van der Waals surface area contributed by atoms with Crippen LogP contribution in [-0.2, 0) is 13.0 Å². The van der Waals surface area contributed by atoms with Crippen LogP contribution in [0.2, 0.25) is 0 Å². The quantitative estimate of drug-likeness (QED) is 0.787. The number of fused-ring (bicyclic) bond motifs is 1. The van der Waals surface area contributed by atoms with Gasteiger partial charge in [-0.1, -0.05) is 40.2 Å². The molecule has 4 rings (SSSR count). The highest BCUT2D eigenvalue weighted by atomic mass is 79.9. The lowest BCUT2D eigenvalue weighted by Gasteiger charge is -2.33. The topological polar surface area (TPSA) is 23.6 Å². The smallest absolute Gasteiger partial charge is 0.253 e. The Bertz CT molecular complexity index is 744. The average Bonchev–Trinajstić information content (AvgIpc) is 3.11. The summed E-state index contributed by atoms with van der Waals surface area (Å²) in [6.07, 6.45) is 2.19. The predicted molar refractivity (Wildman–Crippen MR) is 99.0 cm³/mol. The van der Waals surface area contributed by atoms with E-state index in [1.165, 1.54) is 11.1 Å². The van der Waals surface area contributed by atoms with Crippen LogP contribution < -0.4 is 0 Å². The van der Waals surface area contributed by atoms with Gasteiger partial charge in [-0.3, -0.25) is 9.69 Å². The van der Waals surface area contributed by atoms with E-state index in [1.54, 1.807) is 0 Å². The maximum Gasteiger partial charge on any atom is 0.253 e. The van der Waals surface area contributed by atoms with Crippen molar-refractivity contribution in [3.05, 3.63) is 69.7 Å². The normalized spacial score (nSPS) is 20.9. The Labute approximate surface area is 151 Å². The summed E-state index contributed by atoms with van der Waals surface area (Å²) in [6, 6.07) is 16.9. The van der Waals surface area contributed by atoms with Crippen LogP contribution in [0.25, 0.3) is 0 Å². The Morgan fingerprint density at radius 2 is 1.75 bits per heavy atom. The van der Waals surface area contributed by atoms with Crippen LogP contribution in [0, 0.1) is 0 Å². The van der Waals surface area contributed by atoms with Crippen molar-refractivity contribution in [3.63, 3.8) is 0 Å². The van der Waals surface area contributed by atoms with Gasteiger partial charge < -0.3 is 4.90 Å². The van der Waals surface area contributed by atoms with Crippen LogP contribution in [0.1, 0.15) is 27.9 Å². The SMILES string of the molecule is O=C(c1ccc(Br)cc1)N1CC[C@H](N2CCc3ccccc3C2)C1. The Hall–Kier alpha value is -1.65. The molecule has 4 heteroatoms. The van der Waals surface area contributed by atoms with Gasteiger partial charge in [0.05, 0.1) is 0 Å². The second-order valence-corrected chi connectivity index (χ2v) is 7.61. The zero-order chi connectivity index (χ0) is 16.5. The molecule has 24 heavy (non-hydrogen) atoms. The molecule has 124 valence electrons. The maximum absolute atomic E-state index is 12.7. The van der Waals surface area contributed by atoms with E-state index in [4.69, 9.17) is 0 Å². The molecule has 1 amide bonds. The van der Waals surface area contributed by atoms with Gasteiger partial charge in [0.15, 0.2) is 0 Å². The Morgan fingerprint density at radius 3 is 2.54 bits per heavy atom. The molecule has 0 N–H and O–H groups in total. The van der Waals surface area contributed by atoms with Crippen molar-refractivity contribution in [3.8, 4) is 0 Å². The van der Waals surface area contributed by atoms with Crippen molar-refractivity contribution in [2.75, 3.05) is 19.6 Å². The highest BCUT2D eigenvalue weighted by molar-refractivity contribution is 9.10. The van der Waals surface area contributed by atoms with Crippen molar-refractivity contribution in [1.29, 1.82) is 0 Å². The fourth-order valence-corrected chi connectivity index (χ4v) is 4.09. The van der Waals surface area contributed by atoms with E-state index in [0.29, 0.717) is 6.04 Å². The molecule has 3 nitrogen and oxygen atoms in total. The minimum Gasteiger partial charge on any atom is -0.337 e. The average molecular weight is 385 g/mol. The summed E-state index contributed by atoms with van der Waals surface area (Å²) in [6.45, 7) is 3.82. The fourth-order valence-electron chi connectivity index (χ4n) is 3.83. The largest absolute Gasteiger partial charge is 0.337 e. The number of amides is 1. The van der Waals surface area contributed by atoms with E-state index in [0.717, 1.165) is 49.1 Å². The summed E-state index contributed by atoms with van der Waals surface area (Å²) >= 11 is 3.42. The number of hydrogen-bond donors (Lipinski definition) is 0.